The molecule has 1 aromatic carbocycles. The van der Waals surface area contributed by atoms with E-state index in [1.165, 1.54) is 0 Å². The van der Waals surface area contributed by atoms with Gasteiger partial charge in [-0.2, -0.15) is 5.26 Å². The molecule has 1 unspecified atom stereocenters. The zero-order valence-corrected chi connectivity index (χ0v) is 10.0. The number of nitriles is 1. The Balaban J connectivity index is 2.54. The predicted molar refractivity (Wildman–Crippen MR) is 64.0 cm³/mol. The lowest BCUT2D eigenvalue weighted by molar-refractivity contribution is -0.127. The summed E-state index contributed by atoms with van der Waals surface area (Å²) in [5, 5.41) is 11.6. The number of nitrogens with one attached hydrogen (secondary N) is 1. The molecule has 0 saturated heterocycles. The highest BCUT2D eigenvalue weighted by atomic mass is 16.5. The molecule has 1 N–H and O–H groups in total. The lowest BCUT2D eigenvalue weighted by Crippen LogP contribution is -2.31. The molecule has 0 bridgehead atoms. The molecule has 4 nitrogen and oxygen atoms in total. The molecule has 0 radical (unpaired) electrons. The van der Waals surface area contributed by atoms with E-state index in [9.17, 15) is 4.79 Å². The molecule has 17 heavy (non-hydrogen) atoms. The average Bonchev–Trinajstić information content (AvgIpc) is 2.34. The van der Waals surface area contributed by atoms with Crippen LogP contribution in [0.1, 0.15) is 25.5 Å². The molecule has 1 rings (SSSR count). The van der Waals surface area contributed by atoms with Gasteiger partial charge in [0, 0.05) is 0 Å². The molecule has 90 valence electrons. The van der Waals surface area contributed by atoms with Gasteiger partial charge in [0.1, 0.15) is 12.6 Å². The van der Waals surface area contributed by atoms with Gasteiger partial charge in [-0.1, -0.05) is 30.3 Å². The van der Waals surface area contributed by atoms with Gasteiger partial charge in [-0.05, 0) is 19.4 Å². The van der Waals surface area contributed by atoms with E-state index in [1.807, 2.05) is 38.1 Å². The molecular weight excluding hydrogens is 216 g/mol. The van der Waals surface area contributed by atoms with E-state index in [0.717, 1.165) is 5.56 Å². The third kappa shape index (κ3) is 4.66. The first-order chi connectivity index (χ1) is 8.13. The highest BCUT2D eigenvalue weighted by Gasteiger charge is 2.13. The normalized spacial score (nSPS) is 11.9. The van der Waals surface area contributed by atoms with Crippen molar-refractivity contribution in [1.29, 1.82) is 5.26 Å². The van der Waals surface area contributed by atoms with Crippen molar-refractivity contribution < 1.29 is 9.53 Å². The minimum Gasteiger partial charge on any atom is -0.369 e. The largest absolute Gasteiger partial charge is 0.369 e. The first-order valence-electron chi connectivity index (χ1n) is 5.49. The lowest BCUT2D eigenvalue weighted by atomic mass is 10.1. The van der Waals surface area contributed by atoms with E-state index in [1.54, 1.807) is 12.1 Å². The number of hydrogen-bond acceptors (Lipinski definition) is 3. The fourth-order valence-electron chi connectivity index (χ4n) is 1.28. The molecule has 1 atom stereocenters. The fraction of sp³-hybridized carbons (Fsp3) is 0.385. The average molecular weight is 232 g/mol. The first-order valence-corrected chi connectivity index (χ1v) is 5.49. The third-order valence-corrected chi connectivity index (χ3v) is 2.12. The van der Waals surface area contributed by atoms with Gasteiger partial charge < -0.3 is 10.1 Å². The Kier molecular flexibility index (Phi) is 5.18. The predicted octanol–water partition coefficient (Wildman–Crippen LogP) is 1.79. The van der Waals surface area contributed by atoms with Gasteiger partial charge in [-0.3, -0.25) is 4.79 Å². The van der Waals surface area contributed by atoms with Crippen molar-refractivity contribution >= 4 is 5.91 Å². The van der Waals surface area contributed by atoms with Crippen molar-refractivity contribution in [3.63, 3.8) is 0 Å². The van der Waals surface area contributed by atoms with Crippen LogP contribution in [0.15, 0.2) is 30.3 Å². The molecular formula is C13H16N2O2. The highest BCUT2D eigenvalue weighted by Crippen LogP contribution is 2.10. The van der Waals surface area contributed by atoms with E-state index < -0.39 is 6.04 Å². The Morgan fingerprint density at radius 2 is 2.06 bits per heavy atom. The van der Waals surface area contributed by atoms with Crippen LogP contribution in [0.3, 0.4) is 0 Å². The number of carbonyl (C=O) groups excluding carboxylic acids is 1. The second kappa shape index (κ2) is 6.66. The second-order valence-electron chi connectivity index (χ2n) is 3.90. The molecule has 1 aromatic rings. The van der Waals surface area contributed by atoms with Crippen LogP contribution < -0.4 is 5.32 Å². The SMILES string of the molecule is CC(C)OCC(=O)NC(C#N)c1ccccc1. The smallest absolute Gasteiger partial charge is 0.247 e. The fourth-order valence-corrected chi connectivity index (χ4v) is 1.28. The second-order valence-corrected chi connectivity index (χ2v) is 3.90. The summed E-state index contributed by atoms with van der Waals surface area (Å²) in [5.74, 6) is -0.283. The van der Waals surface area contributed by atoms with E-state index >= 15 is 0 Å². The van der Waals surface area contributed by atoms with E-state index in [0.29, 0.717) is 0 Å². The molecule has 1 amide bonds. The molecule has 4 heteroatoms. The zero-order valence-electron chi connectivity index (χ0n) is 10.0. The van der Waals surface area contributed by atoms with E-state index in [2.05, 4.69) is 5.32 Å². The van der Waals surface area contributed by atoms with Gasteiger partial charge in [-0.25, -0.2) is 0 Å². The van der Waals surface area contributed by atoms with Crippen LogP contribution in [-0.2, 0) is 9.53 Å². The van der Waals surface area contributed by atoms with Crippen LogP contribution in [0.25, 0.3) is 0 Å². The van der Waals surface area contributed by atoms with E-state index in [-0.39, 0.29) is 18.6 Å². The Labute approximate surface area is 101 Å². The van der Waals surface area contributed by atoms with Gasteiger partial charge >= 0.3 is 0 Å². The molecule has 0 fully saturated rings. The Morgan fingerprint density at radius 3 is 2.59 bits per heavy atom. The summed E-state index contributed by atoms with van der Waals surface area (Å²) in [5.41, 5.74) is 0.771. The van der Waals surface area contributed by atoms with Crippen molar-refractivity contribution in [3.05, 3.63) is 35.9 Å². The number of carbonyl (C=O) groups is 1. The highest BCUT2D eigenvalue weighted by molar-refractivity contribution is 5.78. The maximum absolute atomic E-state index is 11.5. The summed E-state index contributed by atoms with van der Waals surface area (Å²) in [4.78, 5) is 11.5. The van der Waals surface area contributed by atoms with Gasteiger partial charge in [0.2, 0.25) is 5.91 Å². The number of amides is 1. The van der Waals surface area contributed by atoms with Gasteiger partial charge in [-0.15, -0.1) is 0 Å². The molecule has 0 saturated carbocycles. The standard InChI is InChI=1S/C13H16N2O2/c1-10(2)17-9-13(16)15-12(8-14)11-6-4-3-5-7-11/h3-7,10,12H,9H2,1-2H3,(H,15,16). The quantitative estimate of drug-likeness (QED) is 0.841. The van der Waals surface area contributed by atoms with Gasteiger partial charge in [0.15, 0.2) is 0 Å². The number of rotatable bonds is 5. The Hall–Kier alpha value is -1.86. The summed E-state index contributed by atoms with van der Waals surface area (Å²) in [6.07, 6.45) is -0.00184. The number of ether oxygens (including phenoxy) is 1. The minimum atomic E-state index is -0.625. The Bertz CT molecular complexity index is 396. The van der Waals surface area contributed by atoms with Crippen LogP contribution in [0.4, 0.5) is 0 Å². The first kappa shape index (κ1) is 13.2. The van der Waals surface area contributed by atoms with Gasteiger partial charge in [0.25, 0.3) is 0 Å². The van der Waals surface area contributed by atoms with Crippen LogP contribution in [-0.4, -0.2) is 18.6 Å². The molecule has 0 aliphatic heterocycles. The summed E-state index contributed by atoms with van der Waals surface area (Å²) in [6.45, 7) is 3.68. The minimum absolute atomic E-state index is 0.00184. The van der Waals surface area contributed by atoms with Crippen molar-refractivity contribution in [1.82, 2.24) is 5.32 Å². The molecule has 0 aliphatic rings. The topological polar surface area (TPSA) is 62.1 Å². The Morgan fingerprint density at radius 1 is 1.41 bits per heavy atom. The number of nitrogens with zero attached hydrogens (tertiary/aromatic N) is 1. The third-order valence-electron chi connectivity index (χ3n) is 2.12. The van der Waals surface area contributed by atoms with Crippen LogP contribution >= 0.6 is 0 Å². The summed E-state index contributed by atoms with van der Waals surface area (Å²) in [6, 6.07) is 10.6. The van der Waals surface area contributed by atoms with Crippen molar-refractivity contribution in [2.24, 2.45) is 0 Å². The van der Waals surface area contributed by atoms with Crippen molar-refractivity contribution in [2.75, 3.05) is 6.61 Å². The molecule has 0 aromatic heterocycles. The molecule has 0 spiro atoms. The van der Waals surface area contributed by atoms with Crippen molar-refractivity contribution in [2.45, 2.75) is 26.0 Å². The molecule has 0 aliphatic carbocycles. The number of hydrogen-bond donors (Lipinski definition) is 1. The zero-order chi connectivity index (χ0) is 12.7. The number of benzene rings is 1. The van der Waals surface area contributed by atoms with Crippen LogP contribution in [0.2, 0.25) is 0 Å². The van der Waals surface area contributed by atoms with Gasteiger partial charge in [0.05, 0.1) is 12.2 Å². The van der Waals surface area contributed by atoms with Crippen LogP contribution in [0.5, 0.6) is 0 Å². The van der Waals surface area contributed by atoms with Crippen LogP contribution in [0, 0.1) is 11.3 Å². The summed E-state index contributed by atoms with van der Waals surface area (Å²) in [7, 11) is 0. The maximum atomic E-state index is 11.5. The summed E-state index contributed by atoms with van der Waals surface area (Å²) < 4.78 is 5.16. The monoisotopic (exact) mass is 232 g/mol. The van der Waals surface area contributed by atoms with Crippen molar-refractivity contribution in [3.8, 4) is 6.07 Å². The molecule has 0 heterocycles. The summed E-state index contributed by atoms with van der Waals surface area (Å²) >= 11 is 0. The lowest BCUT2D eigenvalue weighted by Gasteiger charge is -2.13. The van der Waals surface area contributed by atoms with E-state index in [4.69, 9.17) is 10.00 Å². The maximum Gasteiger partial charge on any atom is 0.247 e.